The van der Waals surface area contributed by atoms with Crippen LogP contribution in [0.5, 0.6) is 0 Å². The van der Waals surface area contributed by atoms with Gasteiger partial charge >= 0.3 is 0 Å². The monoisotopic (exact) mass is 313 g/mol. The maximum atomic E-state index is 11.9. The Kier molecular flexibility index (Phi) is 5.24. The Hall–Kier alpha value is -1.54. The molecule has 0 unspecified atom stereocenters. The highest BCUT2D eigenvalue weighted by atomic mass is 32.2. The van der Waals surface area contributed by atoms with Gasteiger partial charge < -0.3 is 19.8 Å². The fourth-order valence-corrected chi connectivity index (χ4v) is 2.75. The lowest BCUT2D eigenvalue weighted by Crippen LogP contribution is -2.48. The highest BCUT2D eigenvalue weighted by Crippen LogP contribution is 2.24. The van der Waals surface area contributed by atoms with Gasteiger partial charge in [0.2, 0.25) is 11.8 Å². The van der Waals surface area contributed by atoms with Crippen molar-refractivity contribution in [3.63, 3.8) is 0 Å². The predicted molar refractivity (Wildman–Crippen MR) is 79.0 cm³/mol. The fourth-order valence-electron chi connectivity index (χ4n) is 2.02. The van der Waals surface area contributed by atoms with Crippen LogP contribution >= 0.6 is 11.8 Å². The fraction of sp³-hybridized carbons (Fsp3) is 0.615. The number of carbonyl (C=O) groups excluding carboxylic acids is 2. The van der Waals surface area contributed by atoms with Crippen LogP contribution in [-0.2, 0) is 9.59 Å². The first-order valence-corrected chi connectivity index (χ1v) is 7.86. The maximum Gasteiger partial charge on any atom is 0.235 e. The van der Waals surface area contributed by atoms with Gasteiger partial charge in [-0.15, -0.1) is 11.8 Å². The van der Waals surface area contributed by atoms with Gasteiger partial charge in [0.15, 0.2) is 5.82 Å². The topological polar surface area (TPSA) is 95.7 Å². The number of hydrogen-bond donors (Lipinski definition) is 2. The van der Waals surface area contributed by atoms with Gasteiger partial charge in [-0.05, 0) is 19.8 Å². The molecule has 2 N–H and O–H groups in total. The summed E-state index contributed by atoms with van der Waals surface area (Å²) >= 11 is 1.25. The molecule has 1 fully saturated rings. The molecule has 0 atom stereocenters. The van der Waals surface area contributed by atoms with E-state index in [1.807, 2.05) is 0 Å². The molecule has 21 heavy (non-hydrogen) atoms. The molecule has 1 aromatic rings. The third kappa shape index (κ3) is 4.47. The molecule has 0 radical (unpaired) electrons. The summed E-state index contributed by atoms with van der Waals surface area (Å²) in [6.45, 7) is 1.74. The minimum atomic E-state index is -0.283. The van der Waals surface area contributed by atoms with Crippen molar-refractivity contribution in [3.05, 3.63) is 11.8 Å². The van der Waals surface area contributed by atoms with Crippen molar-refractivity contribution in [1.29, 1.82) is 0 Å². The molecule has 116 valence electrons. The number of aryl methyl sites for hydroxylation is 1. The second-order valence-corrected chi connectivity index (χ2v) is 6.13. The van der Waals surface area contributed by atoms with Crippen LogP contribution in [0.3, 0.4) is 0 Å². The van der Waals surface area contributed by atoms with Crippen LogP contribution in [-0.4, -0.2) is 57.7 Å². The third-order valence-electron chi connectivity index (χ3n) is 3.38. The zero-order valence-corrected chi connectivity index (χ0v) is 12.9. The molecule has 0 spiro atoms. The number of amides is 2. The van der Waals surface area contributed by atoms with E-state index >= 15 is 0 Å². The Morgan fingerprint density at radius 2 is 2.24 bits per heavy atom. The number of aliphatic hydroxyl groups excluding tert-OH is 1. The van der Waals surface area contributed by atoms with Crippen molar-refractivity contribution >= 4 is 29.4 Å². The molecule has 0 saturated heterocycles. The van der Waals surface area contributed by atoms with Crippen LogP contribution in [0.25, 0.3) is 0 Å². The first-order valence-electron chi connectivity index (χ1n) is 6.70. The normalized spacial score (nSPS) is 20.7. The van der Waals surface area contributed by atoms with E-state index in [0.29, 0.717) is 24.4 Å². The standard InChI is InChI=1S/C13H19N3O4S/c1-8-3-11(15-20-8)14-12(18)6-21-7-13(19)16(2)9-4-10(17)5-9/h3,9-10,17H,4-7H2,1-2H3,(H,14,15,18). The number of anilines is 1. The lowest BCUT2D eigenvalue weighted by molar-refractivity contribution is -0.132. The van der Waals surface area contributed by atoms with E-state index in [4.69, 9.17) is 4.52 Å². The molecule has 2 amide bonds. The zero-order chi connectivity index (χ0) is 15.4. The van der Waals surface area contributed by atoms with Crippen LogP contribution in [0.2, 0.25) is 0 Å². The quantitative estimate of drug-likeness (QED) is 0.800. The van der Waals surface area contributed by atoms with Gasteiger partial charge in [0, 0.05) is 19.2 Å². The summed E-state index contributed by atoms with van der Waals surface area (Å²) in [5, 5.41) is 15.5. The highest BCUT2D eigenvalue weighted by molar-refractivity contribution is 8.00. The van der Waals surface area contributed by atoms with E-state index in [1.54, 1.807) is 24.9 Å². The molecule has 1 heterocycles. The van der Waals surface area contributed by atoms with Crippen molar-refractivity contribution in [3.8, 4) is 0 Å². The van der Waals surface area contributed by atoms with E-state index in [1.165, 1.54) is 11.8 Å². The summed E-state index contributed by atoms with van der Waals surface area (Å²) in [4.78, 5) is 25.2. The molecular weight excluding hydrogens is 294 g/mol. The molecule has 8 heteroatoms. The van der Waals surface area contributed by atoms with Crippen molar-refractivity contribution < 1.29 is 19.2 Å². The molecule has 0 aromatic carbocycles. The van der Waals surface area contributed by atoms with Gasteiger partial charge in [0.05, 0.1) is 17.6 Å². The molecule has 1 aliphatic carbocycles. The number of aliphatic hydroxyl groups is 1. The number of rotatable bonds is 6. The number of aromatic nitrogens is 1. The van der Waals surface area contributed by atoms with E-state index in [2.05, 4.69) is 10.5 Å². The van der Waals surface area contributed by atoms with E-state index in [0.717, 1.165) is 0 Å². The molecule has 7 nitrogen and oxygen atoms in total. The summed E-state index contributed by atoms with van der Waals surface area (Å²) < 4.78 is 4.84. The molecular formula is C13H19N3O4S. The minimum Gasteiger partial charge on any atom is -0.393 e. The van der Waals surface area contributed by atoms with Gasteiger partial charge in [-0.3, -0.25) is 9.59 Å². The number of thioether (sulfide) groups is 1. The summed E-state index contributed by atoms with van der Waals surface area (Å²) in [6.07, 6.45) is 0.993. The summed E-state index contributed by atoms with van der Waals surface area (Å²) in [5.74, 6) is 1.18. The van der Waals surface area contributed by atoms with Crippen LogP contribution in [0.1, 0.15) is 18.6 Å². The molecule has 0 bridgehead atoms. The van der Waals surface area contributed by atoms with Crippen LogP contribution in [0.4, 0.5) is 5.82 Å². The second kappa shape index (κ2) is 6.95. The first kappa shape index (κ1) is 15.8. The molecule has 0 aliphatic heterocycles. The molecule has 1 aromatic heterocycles. The Morgan fingerprint density at radius 3 is 2.81 bits per heavy atom. The average Bonchev–Trinajstić information content (AvgIpc) is 2.79. The van der Waals surface area contributed by atoms with Crippen LogP contribution in [0.15, 0.2) is 10.6 Å². The maximum absolute atomic E-state index is 11.9. The van der Waals surface area contributed by atoms with Crippen molar-refractivity contribution in [2.24, 2.45) is 0 Å². The largest absolute Gasteiger partial charge is 0.393 e. The second-order valence-electron chi connectivity index (χ2n) is 5.15. The number of hydrogen-bond acceptors (Lipinski definition) is 6. The van der Waals surface area contributed by atoms with Crippen molar-refractivity contribution in [1.82, 2.24) is 10.1 Å². The van der Waals surface area contributed by atoms with Gasteiger partial charge in [0.1, 0.15) is 5.76 Å². The Labute approximate surface area is 127 Å². The lowest BCUT2D eigenvalue weighted by atomic mass is 9.88. The summed E-state index contributed by atoms with van der Waals surface area (Å²) in [6, 6.07) is 1.75. The Bertz CT molecular complexity index is 513. The van der Waals surface area contributed by atoms with E-state index in [9.17, 15) is 14.7 Å². The minimum absolute atomic E-state index is 0.0259. The SMILES string of the molecule is Cc1cc(NC(=O)CSCC(=O)N(C)C2CC(O)C2)no1. The van der Waals surface area contributed by atoms with Gasteiger partial charge in [-0.25, -0.2) is 0 Å². The van der Waals surface area contributed by atoms with Gasteiger partial charge in [-0.1, -0.05) is 5.16 Å². The molecule has 1 aliphatic rings. The Balaban J connectivity index is 1.64. The first-order chi connectivity index (χ1) is 9.95. The number of carbonyl (C=O) groups is 2. The third-order valence-corrected chi connectivity index (χ3v) is 4.30. The number of nitrogens with zero attached hydrogens (tertiary/aromatic N) is 2. The summed E-state index contributed by atoms with van der Waals surface area (Å²) in [5.41, 5.74) is 0. The van der Waals surface area contributed by atoms with Gasteiger partial charge in [0.25, 0.3) is 0 Å². The highest BCUT2D eigenvalue weighted by Gasteiger charge is 2.32. The van der Waals surface area contributed by atoms with E-state index < -0.39 is 0 Å². The van der Waals surface area contributed by atoms with Crippen LogP contribution < -0.4 is 5.32 Å². The summed E-state index contributed by atoms with van der Waals surface area (Å²) in [7, 11) is 1.73. The van der Waals surface area contributed by atoms with Crippen LogP contribution in [0, 0.1) is 6.92 Å². The Morgan fingerprint density at radius 1 is 1.52 bits per heavy atom. The predicted octanol–water partition coefficient (Wildman–Crippen LogP) is 0.636. The van der Waals surface area contributed by atoms with Crippen molar-refractivity contribution in [2.45, 2.75) is 31.9 Å². The lowest BCUT2D eigenvalue weighted by Gasteiger charge is -2.38. The number of nitrogens with one attached hydrogen (secondary N) is 1. The smallest absolute Gasteiger partial charge is 0.235 e. The van der Waals surface area contributed by atoms with Crippen molar-refractivity contribution in [2.75, 3.05) is 23.9 Å². The molecule has 2 rings (SSSR count). The zero-order valence-electron chi connectivity index (χ0n) is 12.0. The van der Waals surface area contributed by atoms with E-state index in [-0.39, 0.29) is 35.5 Å². The average molecular weight is 313 g/mol. The molecule has 1 saturated carbocycles. The van der Waals surface area contributed by atoms with Gasteiger partial charge in [-0.2, -0.15) is 0 Å².